The Hall–Kier alpha value is -2.05. The molecule has 0 saturated heterocycles. The fourth-order valence-electron chi connectivity index (χ4n) is 2.48. The number of rotatable bonds is 6. The lowest BCUT2D eigenvalue weighted by atomic mass is 10.0. The molecule has 2 aromatic carbocycles. The summed E-state index contributed by atoms with van der Waals surface area (Å²) in [5.41, 5.74) is 1.40. The Morgan fingerprint density at radius 3 is 2.73 bits per heavy atom. The lowest BCUT2D eigenvalue weighted by Gasteiger charge is -2.17. The minimum absolute atomic E-state index is 0.180. The van der Waals surface area contributed by atoms with E-state index >= 15 is 0 Å². The molecule has 0 aliphatic carbocycles. The Bertz CT molecular complexity index is 1040. The molecule has 3 rings (SSSR count). The van der Waals surface area contributed by atoms with Crippen LogP contribution in [0.25, 0.3) is 0 Å². The highest BCUT2D eigenvalue weighted by Crippen LogP contribution is 2.24. The first-order valence-corrected chi connectivity index (χ1v) is 10.8. The fourth-order valence-corrected chi connectivity index (χ4v) is 5.04. The second kappa shape index (κ2) is 8.10. The molecule has 1 atom stereocenters. The number of halogens is 1. The molecule has 0 unspecified atom stereocenters. The number of sulfonamides is 1. The molecule has 1 aromatic heterocycles. The number of hydrogen-bond acceptors (Lipinski definition) is 5. The van der Waals surface area contributed by atoms with Crippen LogP contribution in [0.4, 0.5) is 0 Å². The van der Waals surface area contributed by atoms with Crippen molar-refractivity contribution in [2.24, 2.45) is 0 Å². The van der Waals surface area contributed by atoms with Crippen molar-refractivity contribution in [3.8, 4) is 6.07 Å². The molecule has 0 saturated carbocycles. The molecule has 0 fully saturated rings. The Labute approximate surface area is 164 Å². The van der Waals surface area contributed by atoms with Crippen LogP contribution in [0.2, 0.25) is 0 Å². The molecular formula is C18H14BrN3O2S2. The van der Waals surface area contributed by atoms with Crippen LogP contribution in [0, 0.1) is 11.3 Å². The summed E-state index contributed by atoms with van der Waals surface area (Å²) in [5.74, 6) is 0. The summed E-state index contributed by atoms with van der Waals surface area (Å²) in [6, 6.07) is 15.2. The van der Waals surface area contributed by atoms with Crippen molar-refractivity contribution in [1.82, 2.24) is 9.71 Å². The maximum absolute atomic E-state index is 12.8. The quantitative estimate of drug-likeness (QED) is 0.617. The first kappa shape index (κ1) is 18.7. The van der Waals surface area contributed by atoms with E-state index in [1.807, 2.05) is 6.07 Å². The average molecular weight is 448 g/mol. The van der Waals surface area contributed by atoms with Gasteiger partial charge in [-0.3, -0.25) is 0 Å². The van der Waals surface area contributed by atoms with Gasteiger partial charge in [-0.15, -0.1) is 11.3 Å². The maximum atomic E-state index is 12.8. The lowest BCUT2D eigenvalue weighted by molar-refractivity contribution is 0.554. The molecule has 1 N–H and O–H groups in total. The minimum Gasteiger partial charge on any atom is -0.248 e. The van der Waals surface area contributed by atoms with Crippen LogP contribution in [0.15, 0.2) is 69.5 Å². The molecule has 0 bridgehead atoms. The fraction of sp³-hybridized carbons (Fsp3) is 0.111. The molecule has 3 aromatic rings. The average Bonchev–Trinajstić information content (AvgIpc) is 3.16. The van der Waals surface area contributed by atoms with Crippen LogP contribution in [-0.4, -0.2) is 13.4 Å². The molecule has 8 heteroatoms. The molecule has 1 heterocycles. The largest absolute Gasteiger partial charge is 0.248 e. The number of benzene rings is 2. The van der Waals surface area contributed by atoms with Crippen LogP contribution in [0.3, 0.4) is 0 Å². The summed E-state index contributed by atoms with van der Waals surface area (Å²) in [5, 5.41) is 11.5. The van der Waals surface area contributed by atoms with E-state index in [2.05, 4.69) is 31.7 Å². The molecule has 0 spiro atoms. The first-order valence-electron chi connectivity index (χ1n) is 7.64. The Balaban J connectivity index is 1.91. The third kappa shape index (κ3) is 4.56. The summed E-state index contributed by atoms with van der Waals surface area (Å²) in [6.45, 7) is 0. The Kier molecular flexibility index (Phi) is 5.84. The van der Waals surface area contributed by atoms with E-state index in [9.17, 15) is 8.42 Å². The van der Waals surface area contributed by atoms with Crippen molar-refractivity contribution in [2.45, 2.75) is 17.4 Å². The van der Waals surface area contributed by atoms with Gasteiger partial charge < -0.3 is 0 Å². The van der Waals surface area contributed by atoms with Gasteiger partial charge in [0.05, 0.1) is 22.6 Å². The van der Waals surface area contributed by atoms with E-state index < -0.39 is 16.1 Å². The van der Waals surface area contributed by atoms with Gasteiger partial charge in [-0.1, -0.05) is 34.1 Å². The zero-order valence-corrected chi connectivity index (χ0v) is 16.7. The van der Waals surface area contributed by atoms with E-state index in [0.29, 0.717) is 21.5 Å². The standard InChI is InChI=1S/C18H14BrN3O2S2/c19-15-5-2-6-16(11-15)26(23,24)22-17(18-21-7-8-25-18)10-13-3-1-4-14(9-13)12-20/h1-9,11,17,22H,10H2/t17-/m0/s1. The van der Waals surface area contributed by atoms with Crippen molar-refractivity contribution in [3.63, 3.8) is 0 Å². The van der Waals surface area contributed by atoms with Crippen molar-refractivity contribution in [1.29, 1.82) is 5.26 Å². The zero-order chi connectivity index (χ0) is 18.6. The first-order chi connectivity index (χ1) is 12.5. The number of aromatic nitrogens is 1. The van der Waals surface area contributed by atoms with Gasteiger partial charge in [0, 0.05) is 16.0 Å². The SMILES string of the molecule is N#Cc1cccc(C[C@H](NS(=O)(=O)c2cccc(Br)c2)c2nccs2)c1. The molecule has 26 heavy (non-hydrogen) atoms. The Morgan fingerprint density at radius 2 is 2.04 bits per heavy atom. The zero-order valence-electron chi connectivity index (χ0n) is 13.5. The van der Waals surface area contributed by atoms with Gasteiger partial charge >= 0.3 is 0 Å². The highest BCUT2D eigenvalue weighted by molar-refractivity contribution is 9.10. The smallest absolute Gasteiger partial charge is 0.241 e. The van der Waals surface area contributed by atoms with Gasteiger partial charge in [-0.2, -0.15) is 5.26 Å². The molecule has 132 valence electrons. The van der Waals surface area contributed by atoms with Crippen molar-refractivity contribution in [2.75, 3.05) is 0 Å². The van der Waals surface area contributed by atoms with E-state index in [0.717, 1.165) is 5.56 Å². The highest BCUT2D eigenvalue weighted by Gasteiger charge is 2.23. The topological polar surface area (TPSA) is 82.9 Å². The summed E-state index contributed by atoms with van der Waals surface area (Å²) in [4.78, 5) is 4.45. The van der Waals surface area contributed by atoms with Gasteiger partial charge in [-0.05, 0) is 42.3 Å². The number of thiazole rings is 1. The van der Waals surface area contributed by atoms with Crippen LogP contribution in [0.1, 0.15) is 22.2 Å². The monoisotopic (exact) mass is 447 g/mol. The van der Waals surface area contributed by atoms with Gasteiger partial charge in [0.15, 0.2) is 0 Å². The summed E-state index contributed by atoms with van der Waals surface area (Å²) < 4.78 is 29.0. The van der Waals surface area contributed by atoms with Crippen molar-refractivity contribution < 1.29 is 8.42 Å². The van der Waals surface area contributed by atoms with E-state index in [1.54, 1.807) is 54.0 Å². The molecule has 0 aliphatic rings. The number of hydrogen-bond donors (Lipinski definition) is 1. The second-order valence-electron chi connectivity index (χ2n) is 5.52. The van der Waals surface area contributed by atoms with Gasteiger partial charge in [0.25, 0.3) is 0 Å². The maximum Gasteiger partial charge on any atom is 0.241 e. The second-order valence-corrected chi connectivity index (χ2v) is 9.07. The molecular weight excluding hydrogens is 434 g/mol. The molecule has 0 aliphatic heterocycles. The minimum atomic E-state index is -3.72. The van der Waals surface area contributed by atoms with Gasteiger partial charge in [-0.25, -0.2) is 18.1 Å². The normalized spacial score (nSPS) is 12.5. The molecule has 5 nitrogen and oxygen atoms in total. The van der Waals surface area contributed by atoms with Crippen molar-refractivity contribution in [3.05, 3.63) is 80.7 Å². The third-order valence-corrected chi connectivity index (χ3v) is 6.50. The summed E-state index contributed by atoms with van der Waals surface area (Å²) in [7, 11) is -3.72. The van der Waals surface area contributed by atoms with Gasteiger partial charge in [0.1, 0.15) is 5.01 Å². The summed E-state index contributed by atoms with van der Waals surface area (Å²) >= 11 is 4.68. The van der Waals surface area contributed by atoms with Crippen molar-refractivity contribution >= 4 is 37.3 Å². The van der Waals surface area contributed by atoms with Gasteiger partial charge in [0.2, 0.25) is 10.0 Å². The van der Waals surface area contributed by atoms with E-state index in [1.165, 1.54) is 11.3 Å². The number of nitriles is 1. The van der Waals surface area contributed by atoms with Crippen LogP contribution >= 0.6 is 27.3 Å². The van der Waals surface area contributed by atoms with E-state index in [4.69, 9.17) is 5.26 Å². The van der Waals surface area contributed by atoms with Crippen LogP contribution in [0.5, 0.6) is 0 Å². The highest BCUT2D eigenvalue weighted by atomic mass is 79.9. The number of nitrogens with zero attached hydrogens (tertiary/aromatic N) is 2. The van der Waals surface area contributed by atoms with Crippen LogP contribution < -0.4 is 4.72 Å². The summed E-state index contributed by atoms with van der Waals surface area (Å²) in [6.07, 6.45) is 2.04. The molecule has 0 radical (unpaired) electrons. The molecule has 0 amide bonds. The number of nitrogens with one attached hydrogen (secondary N) is 1. The van der Waals surface area contributed by atoms with E-state index in [-0.39, 0.29) is 4.90 Å². The predicted octanol–water partition coefficient (Wildman–Crippen LogP) is 4.04. The van der Waals surface area contributed by atoms with Crippen LogP contribution in [-0.2, 0) is 16.4 Å². The predicted molar refractivity (Wildman–Crippen MR) is 104 cm³/mol. The third-order valence-electron chi connectivity index (χ3n) is 3.65. The Morgan fingerprint density at radius 1 is 1.23 bits per heavy atom. The lowest BCUT2D eigenvalue weighted by Crippen LogP contribution is -2.30.